The molecule has 0 aromatic rings. The molecule has 0 bridgehead atoms. The fourth-order valence-corrected chi connectivity index (χ4v) is 0.520. The maximum absolute atomic E-state index is 12.1. The Bertz CT molecular complexity index is 185. The van der Waals surface area contributed by atoms with Crippen LogP contribution in [0.15, 0.2) is 11.9 Å². The van der Waals surface area contributed by atoms with Crippen LogP contribution in [-0.4, -0.2) is 9.76 Å². The molecule has 0 N–H and O–H groups in total. The Hall–Kier alpha value is 0.01000. The summed E-state index contributed by atoms with van der Waals surface area (Å²) in [6.45, 7) is 0. The van der Waals surface area contributed by atoms with Crippen LogP contribution < -0.4 is 5.11 Å². The molecule has 0 amide bonds. The number of carboxylic acids is 1. The van der Waals surface area contributed by atoms with Crippen molar-refractivity contribution in [3.8, 4) is 0 Å². The average molecular weight is 220 g/mol. The lowest BCUT2D eigenvalue weighted by Crippen LogP contribution is -2.22. The third-order valence-electron chi connectivity index (χ3n) is 0.708. The van der Waals surface area contributed by atoms with E-state index < -0.39 is 15.6 Å². The van der Waals surface area contributed by atoms with Gasteiger partial charge in [0.1, 0.15) is 5.83 Å². The first-order chi connectivity index (χ1) is 4.83. The molecule has 0 aliphatic heterocycles. The van der Waals surface area contributed by atoms with Gasteiger partial charge in [-0.15, -0.1) is 0 Å². The maximum atomic E-state index is 12.1. The minimum atomic E-state index is -1.92. The lowest BCUT2D eigenvalue weighted by molar-refractivity contribution is -0.301. The van der Waals surface area contributed by atoms with E-state index in [1.165, 1.54) is 0 Å². The fraction of sp³-hybridized carbons (Fsp3) is 0.400. The van der Waals surface area contributed by atoms with E-state index in [9.17, 15) is 14.3 Å². The first-order valence-electron chi connectivity index (χ1n) is 2.46. The van der Waals surface area contributed by atoms with E-state index in [4.69, 9.17) is 34.8 Å². The first-order valence-corrected chi connectivity index (χ1v) is 3.60. The fourth-order valence-electron chi connectivity index (χ4n) is 0.289. The molecule has 0 aliphatic rings. The van der Waals surface area contributed by atoms with Crippen LogP contribution in [0.2, 0.25) is 0 Å². The standard InChI is InChI=1S/C5H4Cl3FO2/c6-5(7,8)2-1-3(9)4(10)11/h1H,2H2,(H,10,11)/p-1. The van der Waals surface area contributed by atoms with Crippen LogP contribution in [0.25, 0.3) is 0 Å². The Kier molecular flexibility index (Phi) is 4.14. The summed E-state index contributed by atoms with van der Waals surface area (Å²) < 4.78 is 10.4. The zero-order valence-electron chi connectivity index (χ0n) is 5.11. The van der Waals surface area contributed by atoms with Gasteiger partial charge in [0.25, 0.3) is 0 Å². The summed E-state index contributed by atoms with van der Waals surface area (Å²) in [6.07, 6.45) is 0.333. The van der Waals surface area contributed by atoms with Gasteiger partial charge in [0.05, 0.1) is 5.97 Å². The summed E-state index contributed by atoms with van der Waals surface area (Å²) in [5.41, 5.74) is 0. The third kappa shape index (κ3) is 6.41. The zero-order chi connectivity index (χ0) is 9.07. The largest absolute Gasteiger partial charge is 0.542 e. The Morgan fingerprint density at radius 1 is 1.55 bits per heavy atom. The summed E-state index contributed by atoms with van der Waals surface area (Å²) in [7, 11) is 0. The van der Waals surface area contributed by atoms with E-state index in [0.29, 0.717) is 6.08 Å². The van der Waals surface area contributed by atoms with Crippen molar-refractivity contribution >= 4 is 40.8 Å². The van der Waals surface area contributed by atoms with Gasteiger partial charge in [-0.1, -0.05) is 34.8 Å². The molecule has 11 heavy (non-hydrogen) atoms. The van der Waals surface area contributed by atoms with Crippen molar-refractivity contribution in [3.05, 3.63) is 11.9 Å². The molecule has 0 heterocycles. The molecule has 6 heteroatoms. The highest BCUT2D eigenvalue weighted by Gasteiger charge is 2.17. The Labute approximate surface area is 77.5 Å². The van der Waals surface area contributed by atoms with Gasteiger partial charge in [-0.2, -0.15) is 0 Å². The smallest absolute Gasteiger partial charge is 0.194 e. The molecular formula is C5H3Cl3FO2-. The molecule has 0 rings (SSSR count). The van der Waals surface area contributed by atoms with Crippen LogP contribution in [0.3, 0.4) is 0 Å². The van der Waals surface area contributed by atoms with Gasteiger partial charge in [-0.05, 0) is 6.08 Å². The molecule has 0 saturated carbocycles. The molecule has 0 radical (unpaired) electrons. The number of halogens is 4. The van der Waals surface area contributed by atoms with Gasteiger partial charge >= 0.3 is 0 Å². The molecule has 0 spiro atoms. The number of allylic oxidation sites excluding steroid dienone is 1. The normalized spacial score (nSPS) is 13.3. The van der Waals surface area contributed by atoms with E-state index in [2.05, 4.69) is 0 Å². The number of carbonyl (C=O) groups excluding carboxylic acids is 1. The number of carbonyl (C=O) groups is 1. The molecule has 0 aromatic heterocycles. The minimum Gasteiger partial charge on any atom is -0.542 e. The summed E-state index contributed by atoms with van der Waals surface area (Å²) in [4.78, 5) is 9.73. The van der Waals surface area contributed by atoms with E-state index in [1.807, 2.05) is 0 Å². The second kappa shape index (κ2) is 4.14. The molecule has 0 atom stereocenters. The van der Waals surface area contributed by atoms with Crippen molar-refractivity contribution in [1.29, 1.82) is 0 Å². The molecular weight excluding hydrogens is 217 g/mol. The molecule has 0 aromatic carbocycles. The summed E-state index contributed by atoms with van der Waals surface area (Å²) >= 11 is 15.6. The highest BCUT2D eigenvalue weighted by molar-refractivity contribution is 6.67. The molecule has 2 nitrogen and oxygen atoms in total. The van der Waals surface area contributed by atoms with Crippen molar-refractivity contribution in [2.75, 3.05) is 0 Å². The second-order valence-corrected chi connectivity index (χ2v) is 4.17. The zero-order valence-corrected chi connectivity index (χ0v) is 7.38. The Morgan fingerprint density at radius 3 is 2.27 bits per heavy atom. The van der Waals surface area contributed by atoms with Crippen molar-refractivity contribution < 1.29 is 14.3 Å². The van der Waals surface area contributed by atoms with Crippen LogP contribution in [0, 0.1) is 0 Å². The van der Waals surface area contributed by atoms with E-state index in [0.717, 1.165) is 0 Å². The van der Waals surface area contributed by atoms with Gasteiger partial charge in [0.2, 0.25) is 0 Å². The second-order valence-electron chi connectivity index (χ2n) is 1.66. The first kappa shape index (κ1) is 11.0. The summed E-state index contributed by atoms with van der Waals surface area (Å²) in [5.74, 6) is -3.35. The quantitative estimate of drug-likeness (QED) is 0.521. The van der Waals surface area contributed by atoms with Crippen LogP contribution in [0.5, 0.6) is 0 Å². The van der Waals surface area contributed by atoms with Crippen LogP contribution in [-0.2, 0) is 4.79 Å². The number of hydrogen-bond donors (Lipinski definition) is 0. The number of aliphatic carboxylic acids is 1. The number of hydrogen-bond acceptors (Lipinski definition) is 2. The third-order valence-corrected chi connectivity index (χ3v) is 1.17. The summed E-state index contributed by atoms with van der Waals surface area (Å²) in [6, 6.07) is 0. The Morgan fingerprint density at radius 2 is 2.00 bits per heavy atom. The van der Waals surface area contributed by atoms with Crippen LogP contribution in [0.4, 0.5) is 4.39 Å². The van der Waals surface area contributed by atoms with Gasteiger partial charge in [0.15, 0.2) is 3.79 Å². The van der Waals surface area contributed by atoms with Crippen molar-refractivity contribution in [2.45, 2.75) is 10.2 Å². The molecule has 0 fully saturated rings. The lowest BCUT2D eigenvalue weighted by atomic mass is 10.4. The minimum absolute atomic E-state index is 0.308. The van der Waals surface area contributed by atoms with E-state index >= 15 is 0 Å². The highest BCUT2D eigenvalue weighted by Crippen LogP contribution is 2.30. The predicted molar refractivity (Wildman–Crippen MR) is 39.1 cm³/mol. The van der Waals surface area contributed by atoms with Gasteiger partial charge in [-0.25, -0.2) is 4.39 Å². The lowest BCUT2D eigenvalue weighted by Gasteiger charge is -2.06. The molecule has 0 unspecified atom stereocenters. The number of alkyl halides is 3. The monoisotopic (exact) mass is 219 g/mol. The topological polar surface area (TPSA) is 40.1 Å². The van der Waals surface area contributed by atoms with E-state index in [-0.39, 0.29) is 6.42 Å². The van der Waals surface area contributed by atoms with Crippen molar-refractivity contribution in [1.82, 2.24) is 0 Å². The van der Waals surface area contributed by atoms with Gasteiger partial charge in [-0.3, -0.25) is 0 Å². The van der Waals surface area contributed by atoms with Crippen LogP contribution >= 0.6 is 34.8 Å². The SMILES string of the molecule is O=C([O-])C(F)=CCC(Cl)(Cl)Cl. The molecule has 64 valence electrons. The number of carboxylic acid groups (broad SMARTS) is 1. The van der Waals surface area contributed by atoms with Gasteiger partial charge < -0.3 is 9.90 Å². The average Bonchev–Trinajstić information content (AvgIpc) is 1.80. The molecule has 0 aliphatic carbocycles. The molecule has 0 saturated heterocycles. The maximum Gasteiger partial charge on any atom is 0.194 e. The number of rotatable bonds is 2. The highest BCUT2D eigenvalue weighted by atomic mass is 35.6. The van der Waals surface area contributed by atoms with Crippen LogP contribution in [0.1, 0.15) is 6.42 Å². The summed E-state index contributed by atoms with van der Waals surface area (Å²) in [5, 5.41) is 9.73. The predicted octanol–water partition coefficient (Wildman–Crippen LogP) is 1.35. The van der Waals surface area contributed by atoms with Gasteiger partial charge in [0, 0.05) is 6.42 Å². The van der Waals surface area contributed by atoms with E-state index in [1.54, 1.807) is 0 Å². The van der Waals surface area contributed by atoms with Crippen molar-refractivity contribution in [3.63, 3.8) is 0 Å². The Balaban J connectivity index is 4.04. The van der Waals surface area contributed by atoms with Crippen molar-refractivity contribution in [2.24, 2.45) is 0 Å².